The van der Waals surface area contributed by atoms with Gasteiger partial charge in [-0.1, -0.05) is 30.3 Å². The predicted octanol–water partition coefficient (Wildman–Crippen LogP) is 1.77. The highest BCUT2D eigenvalue weighted by molar-refractivity contribution is 7.89. The van der Waals surface area contributed by atoms with Crippen molar-refractivity contribution in [2.24, 2.45) is 11.1 Å². The molecule has 4 rings (SSSR count). The Morgan fingerprint density at radius 1 is 1.12 bits per heavy atom. The molecule has 0 bridgehead atoms. The van der Waals surface area contributed by atoms with Crippen molar-refractivity contribution in [3.8, 4) is 0 Å². The van der Waals surface area contributed by atoms with E-state index >= 15 is 0 Å². The van der Waals surface area contributed by atoms with Gasteiger partial charge in [0.2, 0.25) is 15.9 Å². The van der Waals surface area contributed by atoms with Crippen LogP contribution in [-0.2, 0) is 19.6 Å². The van der Waals surface area contributed by atoms with Gasteiger partial charge in [-0.15, -0.1) is 0 Å². The van der Waals surface area contributed by atoms with Gasteiger partial charge in [0, 0.05) is 5.92 Å². The number of benzene rings is 2. The van der Waals surface area contributed by atoms with E-state index in [1.54, 1.807) is 12.1 Å². The highest BCUT2D eigenvalue weighted by atomic mass is 32.2. The average Bonchev–Trinajstić information content (AvgIpc) is 3.44. The number of carbonyl (C=O) groups is 2. The summed E-state index contributed by atoms with van der Waals surface area (Å²) in [5.74, 6) is -0.611. The molecule has 2 amide bonds. The van der Waals surface area contributed by atoms with E-state index < -0.39 is 16.1 Å². The van der Waals surface area contributed by atoms with Gasteiger partial charge in [-0.25, -0.2) is 13.6 Å². The Kier molecular flexibility index (Phi) is 3.82. The van der Waals surface area contributed by atoms with E-state index in [1.165, 1.54) is 23.1 Å². The predicted molar refractivity (Wildman–Crippen MR) is 95.8 cm³/mol. The van der Waals surface area contributed by atoms with Crippen LogP contribution in [0.15, 0.2) is 53.4 Å². The zero-order chi connectivity index (χ0) is 18.5. The number of nitrogens with one attached hydrogen (secondary N) is 1. The van der Waals surface area contributed by atoms with Crippen molar-refractivity contribution in [3.63, 3.8) is 0 Å². The molecule has 0 aromatic heterocycles. The van der Waals surface area contributed by atoms with Crippen LogP contribution in [0.2, 0.25) is 0 Å². The van der Waals surface area contributed by atoms with Crippen molar-refractivity contribution in [2.75, 3.05) is 10.2 Å². The number of primary sulfonamides is 1. The molecule has 134 valence electrons. The van der Waals surface area contributed by atoms with Crippen LogP contribution >= 0.6 is 0 Å². The summed E-state index contributed by atoms with van der Waals surface area (Å²) in [6.07, 6.45) is 1.59. The SMILES string of the molecule is NS(=O)(=O)c1ccc2c(c1)NC(=O)C(c1ccccc1)N2C(=O)C1CC1. The van der Waals surface area contributed by atoms with E-state index in [-0.39, 0.29) is 28.3 Å². The largest absolute Gasteiger partial charge is 0.322 e. The van der Waals surface area contributed by atoms with Gasteiger partial charge in [-0.2, -0.15) is 0 Å². The molecule has 1 atom stereocenters. The lowest BCUT2D eigenvalue weighted by molar-refractivity contribution is -0.124. The highest BCUT2D eigenvalue weighted by Gasteiger charge is 2.43. The number of hydrogen-bond donors (Lipinski definition) is 2. The summed E-state index contributed by atoms with van der Waals surface area (Å²) in [5.41, 5.74) is 1.44. The Balaban J connectivity index is 1.86. The number of hydrogen-bond acceptors (Lipinski definition) is 4. The van der Waals surface area contributed by atoms with Gasteiger partial charge in [-0.05, 0) is 36.6 Å². The first-order valence-corrected chi connectivity index (χ1v) is 9.76. The van der Waals surface area contributed by atoms with Gasteiger partial charge in [0.25, 0.3) is 5.91 Å². The van der Waals surface area contributed by atoms with Crippen molar-refractivity contribution in [3.05, 3.63) is 54.1 Å². The number of anilines is 2. The minimum Gasteiger partial charge on any atom is -0.322 e. The van der Waals surface area contributed by atoms with Crippen LogP contribution in [0.25, 0.3) is 0 Å². The number of sulfonamides is 1. The van der Waals surface area contributed by atoms with Crippen molar-refractivity contribution in [2.45, 2.75) is 23.8 Å². The van der Waals surface area contributed by atoms with Gasteiger partial charge in [0.15, 0.2) is 0 Å². The molecule has 2 aromatic carbocycles. The summed E-state index contributed by atoms with van der Waals surface area (Å²) in [6.45, 7) is 0. The molecule has 2 aromatic rings. The van der Waals surface area contributed by atoms with Crippen LogP contribution in [0.1, 0.15) is 24.4 Å². The minimum atomic E-state index is -3.92. The number of nitrogens with two attached hydrogens (primary N) is 1. The van der Waals surface area contributed by atoms with Gasteiger partial charge in [-0.3, -0.25) is 14.5 Å². The Hall–Kier alpha value is -2.71. The van der Waals surface area contributed by atoms with E-state index in [9.17, 15) is 18.0 Å². The molecule has 1 aliphatic heterocycles. The molecule has 2 aliphatic rings. The number of nitrogens with zero attached hydrogens (tertiary/aromatic N) is 1. The van der Waals surface area contributed by atoms with Gasteiger partial charge < -0.3 is 5.32 Å². The first-order valence-electron chi connectivity index (χ1n) is 8.22. The van der Waals surface area contributed by atoms with E-state index in [0.717, 1.165) is 12.8 Å². The van der Waals surface area contributed by atoms with Gasteiger partial charge in [0.05, 0.1) is 16.3 Å². The summed E-state index contributed by atoms with van der Waals surface area (Å²) in [4.78, 5) is 27.1. The Morgan fingerprint density at radius 2 is 1.81 bits per heavy atom. The molecule has 3 N–H and O–H groups in total. The van der Waals surface area contributed by atoms with Crippen LogP contribution in [0.5, 0.6) is 0 Å². The van der Waals surface area contributed by atoms with Gasteiger partial charge >= 0.3 is 0 Å². The number of fused-ring (bicyclic) bond motifs is 1. The molecule has 8 heteroatoms. The van der Waals surface area contributed by atoms with Crippen LogP contribution in [0, 0.1) is 5.92 Å². The molecule has 1 fully saturated rings. The summed E-state index contributed by atoms with van der Waals surface area (Å²) in [6, 6.07) is 12.4. The monoisotopic (exact) mass is 371 g/mol. The van der Waals surface area contributed by atoms with E-state index in [0.29, 0.717) is 11.3 Å². The van der Waals surface area contributed by atoms with E-state index in [1.807, 2.05) is 18.2 Å². The second-order valence-corrected chi connectivity index (χ2v) is 8.07. The third-order valence-electron chi connectivity index (χ3n) is 4.60. The maximum atomic E-state index is 12.9. The van der Waals surface area contributed by atoms with E-state index in [2.05, 4.69) is 5.32 Å². The topological polar surface area (TPSA) is 110 Å². The third-order valence-corrected chi connectivity index (χ3v) is 5.51. The summed E-state index contributed by atoms with van der Waals surface area (Å²) in [5, 5.41) is 7.89. The normalized spacial score (nSPS) is 19.7. The molecular weight excluding hydrogens is 354 g/mol. The van der Waals surface area contributed by atoms with Crippen molar-refractivity contribution in [1.29, 1.82) is 0 Å². The maximum absolute atomic E-state index is 12.9. The average molecular weight is 371 g/mol. The Labute approximate surface area is 150 Å². The van der Waals surface area contributed by atoms with Crippen LogP contribution in [0.4, 0.5) is 11.4 Å². The Bertz CT molecular complexity index is 1000. The van der Waals surface area contributed by atoms with Gasteiger partial charge in [0.1, 0.15) is 6.04 Å². The van der Waals surface area contributed by atoms with Crippen molar-refractivity contribution < 1.29 is 18.0 Å². The number of rotatable bonds is 3. The molecule has 1 saturated carbocycles. The fourth-order valence-corrected chi connectivity index (χ4v) is 3.71. The molecule has 1 aliphatic carbocycles. The standard InChI is InChI=1S/C18H17N3O4S/c19-26(24,25)13-8-9-15-14(10-13)20-17(22)16(11-4-2-1-3-5-11)21(15)18(23)12-6-7-12/h1-5,8-10,12,16H,6-7H2,(H,20,22)(H2,19,24,25). The molecule has 0 saturated heterocycles. The minimum absolute atomic E-state index is 0.0992. The zero-order valence-electron chi connectivity index (χ0n) is 13.8. The molecule has 0 radical (unpaired) electrons. The van der Waals surface area contributed by atoms with E-state index in [4.69, 9.17) is 5.14 Å². The van der Waals surface area contributed by atoms with Crippen molar-refractivity contribution >= 4 is 33.2 Å². The zero-order valence-corrected chi connectivity index (χ0v) is 14.6. The fraction of sp³-hybridized carbons (Fsp3) is 0.222. The Morgan fingerprint density at radius 3 is 2.42 bits per heavy atom. The summed E-state index contributed by atoms with van der Waals surface area (Å²) < 4.78 is 23.2. The molecule has 1 unspecified atom stereocenters. The second kappa shape index (κ2) is 5.93. The summed E-state index contributed by atoms with van der Waals surface area (Å²) in [7, 11) is -3.92. The van der Waals surface area contributed by atoms with Crippen LogP contribution in [0.3, 0.4) is 0 Å². The third kappa shape index (κ3) is 2.87. The van der Waals surface area contributed by atoms with Crippen molar-refractivity contribution in [1.82, 2.24) is 0 Å². The smallest absolute Gasteiger partial charge is 0.252 e. The van der Waals surface area contributed by atoms with Crippen LogP contribution in [-0.4, -0.2) is 20.2 Å². The quantitative estimate of drug-likeness (QED) is 0.857. The summed E-state index contributed by atoms with van der Waals surface area (Å²) >= 11 is 0. The fourth-order valence-electron chi connectivity index (χ4n) is 3.17. The lowest BCUT2D eigenvalue weighted by Gasteiger charge is -2.37. The second-order valence-electron chi connectivity index (χ2n) is 6.51. The molecule has 1 heterocycles. The number of amides is 2. The van der Waals surface area contributed by atoms with Crippen LogP contribution < -0.4 is 15.4 Å². The molecular formula is C18H17N3O4S. The highest BCUT2D eigenvalue weighted by Crippen LogP contribution is 2.43. The lowest BCUT2D eigenvalue weighted by Crippen LogP contribution is -2.45. The molecule has 0 spiro atoms. The first-order chi connectivity index (χ1) is 12.4. The molecule has 7 nitrogen and oxygen atoms in total. The first kappa shape index (κ1) is 16.7. The molecule has 26 heavy (non-hydrogen) atoms. The maximum Gasteiger partial charge on any atom is 0.252 e. The lowest BCUT2D eigenvalue weighted by atomic mass is 9.99. The number of carbonyl (C=O) groups excluding carboxylic acids is 2.